The van der Waals surface area contributed by atoms with E-state index in [1.54, 1.807) is 22.8 Å². The van der Waals surface area contributed by atoms with Gasteiger partial charge in [0, 0.05) is 36.7 Å². The third-order valence-corrected chi connectivity index (χ3v) is 6.21. The summed E-state index contributed by atoms with van der Waals surface area (Å²) in [6.07, 6.45) is 5.07. The second-order valence-electron chi connectivity index (χ2n) is 7.79. The molecular formula is C20H26ClN3O3. The molecule has 6 nitrogen and oxygen atoms in total. The van der Waals surface area contributed by atoms with Gasteiger partial charge >= 0.3 is 5.76 Å². The lowest BCUT2D eigenvalue weighted by Gasteiger charge is -2.37. The van der Waals surface area contributed by atoms with Gasteiger partial charge < -0.3 is 9.32 Å². The van der Waals surface area contributed by atoms with Crippen molar-refractivity contribution in [3.05, 3.63) is 33.8 Å². The summed E-state index contributed by atoms with van der Waals surface area (Å²) in [6, 6.07) is 5.69. The van der Waals surface area contributed by atoms with Crippen LogP contribution in [0.5, 0.6) is 0 Å². The van der Waals surface area contributed by atoms with Gasteiger partial charge in [0.25, 0.3) is 0 Å². The zero-order chi connectivity index (χ0) is 19.0. The third-order valence-electron chi connectivity index (χ3n) is 5.98. The van der Waals surface area contributed by atoms with E-state index in [1.165, 1.54) is 6.42 Å². The maximum absolute atomic E-state index is 12.7. The van der Waals surface area contributed by atoms with Gasteiger partial charge in [-0.25, -0.2) is 4.79 Å². The predicted octanol–water partition coefficient (Wildman–Crippen LogP) is 3.29. The van der Waals surface area contributed by atoms with E-state index in [9.17, 15) is 9.59 Å². The van der Waals surface area contributed by atoms with E-state index in [2.05, 4.69) is 11.8 Å². The summed E-state index contributed by atoms with van der Waals surface area (Å²) >= 11 is 6.10. The van der Waals surface area contributed by atoms with Gasteiger partial charge in [-0.1, -0.05) is 11.6 Å². The Hall–Kier alpha value is -1.79. The smallest absolute Gasteiger partial charge is 0.408 e. The minimum atomic E-state index is -0.330. The molecule has 2 fully saturated rings. The van der Waals surface area contributed by atoms with Crippen molar-refractivity contribution in [3.8, 4) is 0 Å². The highest BCUT2D eigenvalue weighted by atomic mass is 35.5. The van der Waals surface area contributed by atoms with Crippen LogP contribution < -0.4 is 5.76 Å². The third kappa shape index (κ3) is 3.78. The van der Waals surface area contributed by atoms with Gasteiger partial charge in [-0.05, 0) is 57.2 Å². The summed E-state index contributed by atoms with van der Waals surface area (Å²) < 4.78 is 7.09. The number of halogens is 1. The zero-order valence-corrected chi connectivity index (χ0v) is 16.5. The van der Waals surface area contributed by atoms with Crippen LogP contribution in [0.2, 0.25) is 5.02 Å². The van der Waals surface area contributed by atoms with Gasteiger partial charge in [0.2, 0.25) is 5.91 Å². The van der Waals surface area contributed by atoms with Gasteiger partial charge in [-0.2, -0.15) is 0 Å². The van der Waals surface area contributed by atoms with Crippen LogP contribution in [0.3, 0.4) is 0 Å². The van der Waals surface area contributed by atoms with Gasteiger partial charge in [-0.3, -0.25) is 14.3 Å². The molecule has 4 rings (SSSR count). The maximum Gasteiger partial charge on any atom is 0.420 e. The molecule has 7 heteroatoms. The van der Waals surface area contributed by atoms with E-state index in [-0.39, 0.29) is 17.7 Å². The van der Waals surface area contributed by atoms with Crippen LogP contribution in [-0.2, 0) is 4.79 Å². The molecular weight excluding hydrogens is 366 g/mol. The molecule has 1 amide bonds. The van der Waals surface area contributed by atoms with Crippen molar-refractivity contribution in [1.29, 1.82) is 0 Å². The Bertz CT molecular complexity index is 882. The second-order valence-corrected chi connectivity index (χ2v) is 8.23. The SMILES string of the molecule is CC1CCCCN1C(=O)CN1CCC(n2c(=O)oc3ccc(Cl)cc32)CC1. The Morgan fingerprint density at radius 2 is 1.96 bits per heavy atom. The number of likely N-dealkylation sites (tertiary alicyclic amines) is 2. The number of aromatic nitrogens is 1. The molecule has 1 atom stereocenters. The van der Waals surface area contributed by atoms with Crippen LogP contribution >= 0.6 is 11.6 Å². The summed E-state index contributed by atoms with van der Waals surface area (Å²) in [5.41, 5.74) is 1.32. The molecule has 0 N–H and O–H groups in total. The first-order valence-corrected chi connectivity index (χ1v) is 10.2. The Labute approximate surface area is 163 Å². The molecule has 2 aromatic rings. The summed E-state index contributed by atoms with van der Waals surface area (Å²) in [5, 5.41) is 0.593. The van der Waals surface area contributed by atoms with Crippen LogP contribution in [0.4, 0.5) is 0 Å². The quantitative estimate of drug-likeness (QED) is 0.805. The number of nitrogens with zero attached hydrogens (tertiary/aromatic N) is 3. The molecule has 2 aliphatic rings. The molecule has 0 aliphatic carbocycles. The molecule has 0 saturated carbocycles. The molecule has 0 radical (unpaired) electrons. The van der Waals surface area contributed by atoms with Crippen molar-refractivity contribution in [2.75, 3.05) is 26.2 Å². The van der Waals surface area contributed by atoms with E-state index in [4.69, 9.17) is 16.0 Å². The predicted molar refractivity (Wildman–Crippen MR) is 105 cm³/mol. The lowest BCUT2D eigenvalue weighted by Crippen LogP contribution is -2.48. The average Bonchev–Trinajstić information content (AvgIpc) is 2.98. The van der Waals surface area contributed by atoms with Gasteiger partial charge in [-0.15, -0.1) is 0 Å². The summed E-state index contributed by atoms with van der Waals surface area (Å²) in [5.74, 6) is -0.0951. The van der Waals surface area contributed by atoms with E-state index < -0.39 is 0 Å². The van der Waals surface area contributed by atoms with Crippen molar-refractivity contribution in [2.45, 2.75) is 51.1 Å². The number of carbonyl (C=O) groups excluding carboxylic acids is 1. The fourth-order valence-electron chi connectivity index (χ4n) is 4.44. The first-order chi connectivity index (χ1) is 13.0. The molecule has 2 saturated heterocycles. The first kappa shape index (κ1) is 18.6. The van der Waals surface area contributed by atoms with Gasteiger partial charge in [0.05, 0.1) is 12.1 Å². The van der Waals surface area contributed by atoms with E-state index in [0.717, 1.165) is 50.8 Å². The summed E-state index contributed by atoms with van der Waals surface area (Å²) in [4.78, 5) is 29.2. The molecule has 146 valence electrons. The van der Waals surface area contributed by atoms with Crippen molar-refractivity contribution in [1.82, 2.24) is 14.4 Å². The molecule has 0 bridgehead atoms. The van der Waals surface area contributed by atoms with Crippen molar-refractivity contribution >= 4 is 28.6 Å². The van der Waals surface area contributed by atoms with Crippen LogP contribution in [0.25, 0.3) is 11.1 Å². The van der Waals surface area contributed by atoms with Crippen LogP contribution in [0.1, 0.15) is 45.1 Å². The highest BCUT2D eigenvalue weighted by molar-refractivity contribution is 6.31. The monoisotopic (exact) mass is 391 g/mol. The largest absolute Gasteiger partial charge is 0.420 e. The Balaban J connectivity index is 1.41. The van der Waals surface area contributed by atoms with Crippen molar-refractivity contribution in [3.63, 3.8) is 0 Å². The number of fused-ring (bicyclic) bond motifs is 1. The number of carbonyl (C=O) groups is 1. The molecule has 0 spiro atoms. The first-order valence-electron chi connectivity index (χ1n) is 9.85. The molecule has 3 heterocycles. The molecule has 27 heavy (non-hydrogen) atoms. The number of oxazole rings is 1. The van der Waals surface area contributed by atoms with Crippen LogP contribution in [0, 0.1) is 0 Å². The van der Waals surface area contributed by atoms with Crippen molar-refractivity contribution in [2.24, 2.45) is 0 Å². The minimum absolute atomic E-state index is 0.0810. The molecule has 1 aromatic heterocycles. The minimum Gasteiger partial charge on any atom is -0.408 e. The highest BCUT2D eigenvalue weighted by Crippen LogP contribution is 2.27. The molecule has 2 aliphatic heterocycles. The number of amides is 1. The topological polar surface area (TPSA) is 58.7 Å². The number of piperidine rings is 2. The number of benzene rings is 1. The van der Waals surface area contributed by atoms with Gasteiger partial charge in [0.1, 0.15) is 0 Å². The maximum atomic E-state index is 12.7. The summed E-state index contributed by atoms with van der Waals surface area (Å²) in [7, 11) is 0. The number of rotatable bonds is 3. The second kappa shape index (κ2) is 7.68. The van der Waals surface area contributed by atoms with Crippen LogP contribution in [-0.4, -0.2) is 52.5 Å². The summed E-state index contributed by atoms with van der Waals surface area (Å²) in [6.45, 7) is 5.11. The fraction of sp³-hybridized carbons (Fsp3) is 0.600. The molecule has 1 unspecified atom stereocenters. The Morgan fingerprint density at radius 3 is 2.70 bits per heavy atom. The van der Waals surface area contributed by atoms with E-state index >= 15 is 0 Å². The number of hydrogen-bond acceptors (Lipinski definition) is 4. The Morgan fingerprint density at radius 1 is 1.19 bits per heavy atom. The lowest BCUT2D eigenvalue weighted by atomic mass is 10.0. The average molecular weight is 392 g/mol. The highest BCUT2D eigenvalue weighted by Gasteiger charge is 2.28. The van der Waals surface area contributed by atoms with Crippen LogP contribution in [0.15, 0.2) is 27.4 Å². The zero-order valence-electron chi connectivity index (χ0n) is 15.7. The van der Waals surface area contributed by atoms with Gasteiger partial charge in [0.15, 0.2) is 5.58 Å². The van der Waals surface area contributed by atoms with Crippen molar-refractivity contribution < 1.29 is 9.21 Å². The van der Waals surface area contributed by atoms with E-state index in [1.807, 2.05) is 4.90 Å². The Kier molecular flexibility index (Phi) is 5.28. The van der Waals surface area contributed by atoms with E-state index in [0.29, 0.717) is 23.2 Å². The normalized spacial score (nSPS) is 22.4. The molecule has 1 aromatic carbocycles. The standard InChI is InChI=1S/C20H26ClN3O3/c1-14-4-2-3-9-23(14)19(25)13-22-10-7-16(8-11-22)24-17-12-15(21)5-6-18(17)27-20(24)26/h5-6,12,14,16H,2-4,7-11,13H2,1H3. The number of hydrogen-bond donors (Lipinski definition) is 0. The lowest BCUT2D eigenvalue weighted by molar-refractivity contribution is -0.136. The fourth-order valence-corrected chi connectivity index (χ4v) is 4.61.